The molecule has 216 valence electrons. The first-order chi connectivity index (χ1) is 20.2. The van der Waals surface area contributed by atoms with Crippen LogP contribution >= 0.6 is 0 Å². The summed E-state index contributed by atoms with van der Waals surface area (Å²) in [5.41, 5.74) is 3.37. The number of carbonyl (C=O) groups excluding carboxylic acids is 1. The number of aliphatic hydroxyl groups excluding tert-OH is 1. The van der Waals surface area contributed by atoms with Gasteiger partial charge in [0.05, 0.1) is 30.7 Å². The Balaban J connectivity index is 1.40. The third-order valence-electron chi connectivity index (χ3n) is 8.00. The maximum absolute atomic E-state index is 15.6. The Morgan fingerprint density at radius 3 is 2.57 bits per heavy atom. The standard InChI is InChI=1S/C31H31FN6O4/c1-18-7-10-33-30(36-18)42-20-5-6-21(27(13-20)41-4)22-14-23-25(15-24(22)32)34-16-26-28(23)38(17-35-26)31(3)8-11-37(12-9-31)29(40)19(2)39/h5-7,10,13-17,19,39H,8-9,11-12H2,1-4H3. The van der Waals surface area contributed by atoms with Crippen molar-refractivity contribution >= 4 is 27.8 Å². The van der Waals surface area contributed by atoms with E-state index in [2.05, 4.69) is 31.4 Å². The number of carbonyl (C=O) groups is 1. The van der Waals surface area contributed by atoms with Gasteiger partial charge in [-0.3, -0.25) is 9.78 Å². The summed E-state index contributed by atoms with van der Waals surface area (Å²) < 4.78 is 29.2. The quantitative estimate of drug-likeness (QED) is 0.303. The molecule has 1 saturated heterocycles. The zero-order chi connectivity index (χ0) is 29.6. The van der Waals surface area contributed by atoms with Crippen molar-refractivity contribution in [3.05, 3.63) is 66.6 Å². The molecule has 1 unspecified atom stereocenters. The van der Waals surface area contributed by atoms with Gasteiger partial charge in [-0.1, -0.05) is 0 Å². The SMILES string of the molecule is COc1cc(Oc2nccc(C)n2)ccc1-c1cc2c(cc1F)ncc1ncn(C3(C)CCN(C(=O)C(C)O)CC3)c12. The molecule has 0 bridgehead atoms. The molecule has 1 amide bonds. The van der Waals surface area contributed by atoms with E-state index in [0.29, 0.717) is 59.6 Å². The first-order valence-electron chi connectivity index (χ1n) is 13.8. The summed E-state index contributed by atoms with van der Waals surface area (Å²) in [6.45, 7) is 6.50. The van der Waals surface area contributed by atoms with E-state index in [-0.39, 0.29) is 17.5 Å². The van der Waals surface area contributed by atoms with Gasteiger partial charge in [0.15, 0.2) is 0 Å². The van der Waals surface area contributed by atoms with Crippen LogP contribution < -0.4 is 9.47 Å². The van der Waals surface area contributed by atoms with Gasteiger partial charge in [-0.05, 0) is 57.9 Å². The van der Waals surface area contributed by atoms with Crippen molar-refractivity contribution in [2.45, 2.75) is 45.3 Å². The molecule has 11 heteroatoms. The van der Waals surface area contributed by atoms with Gasteiger partial charge in [-0.2, -0.15) is 0 Å². The monoisotopic (exact) mass is 570 g/mol. The van der Waals surface area contributed by atoms with E-state index in [1.54, 1.807) is 54.0 Å². The van der Waals surface area contributed by atoms with Crippen LogP contribution in [-0.2, 0) is 10.3 Å². The summed E-state index contributed by atoms with van der Waals surface area (Å²) >= 11 is 0. The maximum Gasteiger partial charge on any atom is 0.322 e. The predicted molar refractivity (Wildman–Crippen MR) is 155 cm³/mol. The Kier molecular flexibility index (Phi) is 6.97. The highest BCUT2D eigenvalue weighted by atomic mass is 19.1. The molecule has 6 rings (SSSR count). The van der Waals surface area contributed by atoms with Crippen molar-refractivity contribution in [1.29, 1.82) is 0 Å². The maximum atomic E-state index is 15.6. The fourth-order valence-corrected chi connectivity index (χ4v) is 5.58. The zero-order valence-corrected chi connectivity index (χ0v) is 23.8. The molecular formula is C31H31FN6O4. The molecule has 0 radical (unpaired) electrons. The lowest BCUT2D eigenvalue weighted by Crippen LogP contribution is -2.48. The summed E-state index contributed by atoms with van der Waals surface area (Å²) in [5, 5.41) is 10.5. The van der Waals surface area contributed by atoms with Crippen LogP contribution in [0, 0.1) is 12.7 Å². The number of aryl methyl sites for hydroxylation is 1. The first-order valence-corrected chi connectivity index (χ1v) is 13.8. The van der Waals surface area contributed by atoms with Crippen molar-refractivity contribution in [2.75, 3.05) is 20.2 Å². The van der Waals surface area contributed by atoms with Gasteiger partial charge < -0.3 is 24.0 Å². The number of amides is 1. The lowest BCUT2D eigenvalue weighted by Gasteiger charge is -2.41. The van der Waals surface area contributed by atoms with Gasteiger partial charge in [0.25, 0.3) is 5.91 Å². The zero-order valence-electron chi connectivity index (χ0n) is 23.8. The lowest BCUT2D eigenvalue weighted by atomic mass is 9.88. The molecule has 5 aromatic rings. The Bertz CT molecular complexity index is 1810. The average molecular weight is 571 g/mol. The minimum atomic E-state index is -1.03. The molecule has 42 heavy (non-hydrogen) atoms. The van der Waals surface area contributed by atoms with Crippen LogP contribution in [0.1, 0.15) is 32.4 Å². The number of piperidine rings is 1. The fourth-order valence-electron chi connectivity index (χ4n) is 5.58. The van der Waals surface area contributed by atoms with Gasteiger partial charge in [0, 0.05) is 59.2 Å². The number of methoxy groups -OCH3 is 1. The van der Waals surface area contributed by atoms with E-state index >= 15 is 4.39 Å². The van der Waals surface area contributed by atoms with Gasteiger partial charge in [-0.15, -0.1) is 0 Å². The Labute approximate surface area is 241 Å². The van der Waals surface area contributed by atoms with Crippen LogP contribution in [-0.4, -0.2) is 66.7 Å². The molecule has 0 aliphatic carbocycles. The van der Waals surface area contributed by atoms with E-state index in [1.807, 2.05) is 6.92 Å². The van der Waals surface area contributed by atoms with E-state index in [1.165, 1.54) is 20.1 Å². The summed E-state index contributed by atoms with van der Waals surface area (Å²) in [6.07, 6.45) is 5.39. The highest BCUT2D eigenvalue weighted by molar-refractivity contribution is 6.04. The van der Waals surface area contributed by atoms with Crippen LogP contribution in [0.4, 0.5) is 4.39 Å². The van der Waals surface area contributed by atoms with Gasteiger partial charge in [0.2, 0.25) is 0 Å². The summed E-state index contributed by atoms with van der Waals surface area (Å²) in [7, 11) is 1.52. The fraction of sp³-hybridized carbons (Fsp3) is 0.323. The lowest BCUT2D eigenvalue weighted by molar-refractivity contribution is -0.141. The van der Waals surface area contributed by atoms with Crippen LogP contribution in [0.3, 0.4) is 0 Å². The number of likely N-dealkylation sites (tertiary alicyclic amines) is 1. The molecule has 2 aromatic carbocycles. The number of nitrogens with zero attached hydrogens (tertiary/aromatic N) is 6. The molecule has 1 fully saturated rings. The number of aliphatic hydroxyl groups is 1. The number of benzene rings is 2. The largest absolute Gasteiger partial charge is 0.496 e. The Morgan fingerprint density at radius 2 is 1.86 bits per heavy atom. The average Bonchev–Trinajstić information content (AvgIpc) is 3.43. The smallest absolute Gasteiger partial charge is 0.322 e. The second-order valence-electron chi connectivity index (χ2n) is 10.9. The minimum absolute atomic E-state index is 0.206. The second kappa shape index (κ2) is 10.6. The summed E-state index contributed by atoms with van der Waals surface area (Å²) in [6, 6.07) is 10.3. The molecule has 0 saturated carbocycles. The number of hydrogen-bond donors (Lipinski definition) is 1. The normalized spacial score (nSPS) is 15.6. The van der Waals surface area contributed by atoms with Crippen molar-refractivity contribution in [3.8, 4) is 28.6 Å². The molecule has 3 aromatic heterocycles. The van der Waals surface area contributed by atoms with Crippen LogP contribution in [0.2, 0.25) is 0 Å². The van der Waals surface area contributed by atoms with E-state index in [0.717, 1.165) is 16.6 Å². The molecule has 4 heterocycles. The molecule has 1 atom stereocenters. The number of fused-ring (bicyclic) bond motifs is 3. The van der Waals surface area contributed by atoms with Gasteiger partial charge in [-0.25, -0.2) is 19.3 Å². The number of hydrogen-bond acceptors (Lipinski definition) is 8. The Hall–Kier alpha value is -4.64. The number of imidazole rings is 1. The molecule has 10 nitrogen and oxygen atoms in total. The minimum Gasteiger partial charge on any atom is -0.496 e. The molecule has 1 aliphatic heterocycles. The van der Waals surface area contributed by atoms with Crippen LogP contribution in [0.15, 0.2) is 55.1 Å². The third-order valence-corrected chi connectivity index (χ3v) is 8.00. The van der Waals surface area contributed by atoms with E-state index < -0.39 is 11.9 Å². The van der Waals surface area contributed by atoms with Crippen molar-refractivity contribution in [1.82, 2.24) is 29.4 Å². The molecule has 1 N–H and O–H groups in total. The van der Waals surface area contributed by atoms with Crippen molar-refractivity contribution < 1.29 is 23.8 Å². The summed E-state index contributed by atoms with van der Waals surface area (Å²) in [4.78, 5) is 31.6. The predicted octanol–water partition coefficient (Wildman–Crippen LogP) is 5.01. The van der Waals surface area contributed by atoms with Crippen molar-refractivity contribution in [2.24, 2.45) is 0 Å². The second-order valence-corrected chi connectivity index (χ2v) is 10.9. The Morgan fingerprint density at radius 1 is 1.07 bits per heavy atom. The number of ether oxygens (including phenoxy) is 2. The van der Waals surface area contributed by atoms with Crippen LogP contribution in [0.5, 0.6) is 17.5 Å². The highest BCUT2D eigenvalue weighted by Gasteiger charge is 2.35. The number of pyridine rings is 1. The molecule has 1 aliphatic rings. The van der Waals surface area contributed by atoms with E-state index in [4.69, 9.17) is 9.47 Å². The molecule has 0 spiro atoms. The van der Waals surface area contributed by atoms with Gasteiger partial charge in [0.1, 0.15) is 28.9 Å². The number of rotatable bonds is 6. The number of aromatic nitrogens is 5. The highest BCUT2D eigenvalue weighted by Crippen LogP contribution is 2.40. The third kappa shape index (κ3) is 4.89. The van der Waals surface area contributed by atoms with Gasteiger partial charge >= 0.3 is 6.01 Å². The first kappa shape index (κ1) is 27.5. The van der Waals surface area contributed by atoms with E-state index in [9.17, 15) is 9.90 Å². The van der Waals surface area contributed by atoms with Crippen LogP contribution in [0.25, 0.3) is 33.1 Å². The molecular weight excluding hydrogens is 539 g/mol. The summed E-state index contributed by atoms with van der Waals surface area (Å²) in [5.74, 6) is 0.177. The number of halogens is 1. The topological polar surface area (TPSA) is 115 Å². The van der Waals surface area contributed by atoms with Crippen molar-refractivity contribution in [3.63, 3.8) is 0 Å².